The Morgan fingerprint density at radius 3 is 3.20 bits per heavy atom. The van der Waals surface area contributed by atoms with Crippen molar-refractivity contribution in [2.45, 2.75) is 0 Å². The van der Waals surface area contributed by atoms with Crippen molar-refractivity contribution in [1.29, 1.82) is 0 Å². The highest BCUT2D eigenvalue weighted by atomic mass is 15.2. The van der Waals surface area contributed by atoms with Gasteiger partial charge >= 0.3 is 0 Å². The van der Waals surface area contributed by atoms with Gasteiger partial charge in [0.25, 0.3) is 0 Å². The molecule has 0 fully saturated rings. The standard InChI is InChI=1S/C7H7N3/c1-10-5-6-2-3-8-4-7(6)9-10/h2-5H,1H3. The van der Waals surface area contributed by atoms with Crippen molar-refractivity contribution < 1.29 is 0 Å². The number of fused-ring (bicyclic) bond motifs is 1. The fraction of sp³-hybridized carbons (Fsp3) is 0.143. The molecule has 0 N–H and O–H groups in total. The maximum atomic E-state index is 4.17. The zero-order chi connectivity index (χ0) is 6.97. The lowest BCUT2D eigenvalue weighted by molar-refractivity contribution is 0.779. The molecule has 2 aromatic heterocycles. The fourth-order valence-electron chi connectivity index (χ4n) is 0.990. The monoisotopic (exact) mass is 133 g/mol. The molecule has 0 bridgehead atoms. The molecule has 10 heavy (non-hydrogen) atoms. The molecule has 50 valence electrons. The van der Waals surface area contributed by atoms with Crippen molar-refractivity contribution >= 4 is 10.9 Å². The average Bonchev–Trinajstić information content (AvgIpc) is 2.27. The van der Waals surface area contributed by atoms with Crippen LogP contribution in [0.3, 0.4) is 0 Å². The van der Waals surface area contributed by atoms with E-state index in [1.165, 1.54) is 0 Å². The molecule has 0 aliphatic heterocycles. The van der Waals surface area contributed by atoms with Gasteiger partial charge in [-0.1, -0.05) is 0 Å². The third-order valence-corrected chi connectivity index (χ3v) is 1.42. The molecule has 0 atom stereocenters. The Hall–Kier alpha value is -1.38. The molecule has 2 aromatic rings. The summed E-state index contributed by atoms with van der Waals surface area (Å²) in [6.45, 7) is 0. The molecule has 0 aliphatic carbocycles. The summed E-state index contributed by atoms with van der Waals surface area (Å²) in [6, 6.07) is 1.95. The summed E-state index contributed by atoms with van der Waals surface area (Å²) < 4.78 is 1.78. The van der Waals surface area contributed by atoms with Gasteiger partial charge in [0, 0.05) is 24.8 Å². The third-order valence-electron chi connectivity index (χ3n) is 1.42. The molecular weight excluding hydrogens is 126 g/mol. The highest BCUT2D eigenvalue weighted by molar-refractivity contribution is 5.76. The lowest BCUT2D eigenvalue weighted by Crippen LogP contribution is -1.84. The largest absolute Gasteiger partial charge is 0.275 e. The summed E-state index contributed by atoms with van der Waals surface area (Å²) in [5, 5.41) is 5.30. The second kappa shape index (κ2) is 1.80. The first-order chi connectivity index (χ1) is 4.86. The molecule has 0 saturated carbocycles. The number of nitrogens with zero attached hydrogens (tertiary/aromatic N) is 3. The van der Waals surface area contributed by atoms with Gasteiger partial charge in [-0.25, -0.2) is 0 Å². The van der Waals surface area contributed by atoms with Crippen molar-refractivity contribution in [2.24, 2.45) is 7.05 Å². The van der Waals surface area contributed by atoms with E-state index in [0.717, 1.165) is 10.9 Å². The number of aromatic nitrogens is 3. The molecule has 0 aromatic carbocycles. The van der Waals surface area contributed by atoms with Crippen molar-refractivity contribution in [2.75, 3.05) is 0 Å². The van der Waals surface area contributed by atoms with Crippen LogP contribution < -0.4 is 0 Å². The van der Waals surface area contributed by atoms with Crippen molar-refractivity contribution in [3.05, 3.63) is 24.7 Å². The molecule has 0 unspecified atom stereocenters. The Morgan fingerprint density at radius 1 is 1.50 bits per heavy atom. The normalized spacial score (nSPS) is 10.5. The predicted molar refractivity (Wildman–Crippen MR) is 38.5 cm³/mol. The summed E-state index contributed by atoms with van der Waals surface area (Å²) in [5.74, 6) is 0. The van der Waals surface area contributed by atoms with Crippen LogP contribution in [0.4, 0.5) is 0 Å². The number of rotatable bonds is 0. The molecule has 0 saturated heterocycles. The van der Waals surface area contributed by atoms with Gasteiger partial charge in [-0.15, -0.1) is 0 Å². The van der Waals surface area contributed by atoms with Crippen LogP contribution in [0.25, 0.3) is 10.9 Å². The van der Waals surface area contributed by atoms with Gasteiger partial charge in [-0.3, -0.25) is 9.67 Å². The van der Waals surface area contributed by atoms with Gasteiger partial charge in [0.05, 0.1) is 6.20 Å². The molecular formula is C7H7N3. The first-order valence-corrected chi connectivity index (χ1v) is 3.09. The second-order valence-corrected chi connectivity index (χ2v) is 2.24. The van der Waals surface area contributed by atoms with Crippen LogP contribution in [-0.2, 0) is 7.05 Å². The lowest BCUT2D eigenvalue weighted by atomic mass is 10.3. The van der Waals surface area contributed by atoms with E-state index < -0.39 is 0 Å². The molecule has 2 rings (SSSR count). The van der Waals surface area contributed by atoms with E-state index in [9.17, 15) is 0 Å². The molecule has 0 spiro atoms. The molecule has 3 heteroatoms. The Bertz CT molecular complexity index is 317. The maximum Gasteiger partial charge on any atom is 0.111 e. The molecule has 0 amide bonds. The minimum absolute atomic E-state index is 0.949. The lowest BCUT2D eigenvalue weighted by Gasteiger charge is -1.80. The van der Waals surface area contributed by atoms with Crippen LogP contribution in [0, 0.1) is 0 Å². The minimum atomic E-state index is 0.949. The molecule has 0 radical (unpaired) electrons. The van der Waals surface area contributed by atoms with Crippen molar-refractivity contribution in [3.8, 4) is 0 Å². The minimum Gasteiger partial charge on any atom is -0.275 e. The highest BCUT2D eigenvalue weighted by Crippen LogP contribution is 2.07. The SMILES string of the molecule is Cn1cc2ccncc2n1. The average molecular weight is 133 g/mol. The van der Waals surface area contributed by atoms with Crippen molar-refractivity contribution in [3.63, 3.8) is 0 Å². The van der Waals surface area contributed by atoms with E-state index in [1.807, 2.05) is 19.3 Å². The van der Waals surface area contributed by atoms with Crippen LogP contribution in [0.1, 0.15) is 0 Å². The van der Waals surface area contributed by atoms with Crippen LogP contribution in [-0.4, -0.2) is 14.8 Å². The van der Waals surface area contributed by atoms with E-state index >= 15 is 0 Å². The quantitative estimate of drug-likeness (QED) is 0.536. The summed E-state index contributed by atoms with van der Waals surface area (Å²) in [6.07, 6.45) is 5.50. The van der Waals surface area contributed by atoms with Crippen LogP contribution in [0.15, 0.2) is 24.7 Å². The zero-order valence-electron chi connectivity index (χ0n) is 5.65. The van der Waals surface area contributed by atoms with E-state index in [-0.39, 0.29) is 0 Å². The highest BCUT2D eigenvalue weighted by Gasteiger charge is 1.93. The van der Waals surface area contributed by atoms with Gasteiger partial charge in [-0.05, 0) is 6.07 Å². The van der Waals surface area contributed by atoms with Crippen LogP contribution in [0.2, 0.25) is 0 Å². The first kappa shape index (κ1) is 5.41. The van der Waals surface area contributed by atoms with Gasteiger partial charge in [0.15, 0.2) is 0 Å². The maximum absolute atomic E-state index is 4.17. The summed E-state index contributed by atoms with van der Waals surface area (Å²) in [5.41, 5.74) is 0.949. The summed E-state index contributed by atoms with van der Waals surface area (Å²) in [7, 11) is 1.90. The number of aryl methyl sites for hydroxylation is 1. The Balaban J connectivity index is 2.88. The van der Waals surface area contributed by atoms with Gasteiger partial charge in [0.2, 0.25) is 0 Å². The van der Waals surface area contributed by atoms with Gasteiger partial charge in [-0.2, -0.15) is 5.10 Å². The van der Waals surface area contributed by atoms with E-state index in [0.29, 0.717) is 0 Å². The second-order valence-electron chi connectivity index (χ2n) is 2.24. The predicted octanol–water partition coefficient (Wildman–Crippen LogP) is 0.968. The smallest absolute Gasteiger partial charge is 0.111 e. The van der Waals surface area contributed by atoms with Crippen molar-refractivity contribution in [1.82, 2.24) is 14.8 Å². The van der Waals surface area contributed by atoms with Crippen LogP contribution >= 0.6 is 0 Å². The fourth-order valence-corrected chi connectivity index (χ4v) is 0.990. The van der Waals surface area contributed by atoms with E-state index in [1.54, 1.807) is 17.1 Å². The molecule has 2 heterocycles. The van der Waals surface area contributed by atoms with Crippen LogP contribution in [0.5, 0.6) is 0 Å². The Labute approximate surface area is 58.3 Å². The van der Waals surface area contributed by atoms with E-state index in [4.69, 9.17) is 0 Å². The first-order valence-electron chi connectivity index (χ1n) is 3.09. The Kier molecular flexibility index (Phi) is 0.974. The number of pyridine rings is 1. The Morgan fingerprint density at radius 2 is 2.40 bits per heavy atom. The summed E-state index contributed by atoms with van der Waals surface area (Å²) in [4.78, 5) is 3.95. The van der Waals surface area contributed by atoms with Gasteiger partial charge < -0.3 is 0 Å². The summed E-state index contributed by atoms with van der Waals surface area (Å²) >= 11 is 0. The zero-order valence-corrected chi connectivity index (χ0v) is 5.65. The topological polar surface area (TPSA) is 30.7 Å². The van der Waals surface area contributed by atoms with Gasteiger partial charge in [0.1, 0.15) is 5.52 Å². The number of hydrogen-bond acceptors (Lipinski definition) is 2. The number of hydrogen-bond donors (Lipinski definition) is 0. The van der Waals surface area contributed by atoms with E-state index in [2.05, 4.69) is 10.1 Å². The third kappa shape index (κ3) is 0.673. The molecule has 0 aliphatic rings. The molecule has 3 nitrogen and oxygen atoms in total.